The summed E-state index contributed by atoms with van der Waals surface area (Å²) in [6.45, 7) is 0. The van der Waals surface area contributed by atoms with Crippen molar-refractivity contribution in [3.8, 4) is 11.3 Å². The van der Waals surface area contributed by atoms with E-state index in [1.807, 2.05) is 0 Å². The molecule has 0 aliphatic heterocycles. The zero-order chi connectivity index (χ0) is 17.1. The lowest BCUT2D eigenvalue weighted by molar-refractivity contribution is -0.115. The van der Waals surface area contributed by atoms with Crippen LogP contribution in [0.25, 0.3) is 11.3 Å². The van der Waals surface area contributed by atoms with Crippen molar-refractivity contribution >= 4 is 22.4 Å². The third-order valence-corrected chi connectivity index (χ3v) is 4.00. The number of nitrogens with zero attached hydrogens (tertiary/aromatic N) is 1. The molecular formula is C17H11F3N2OS. The summed E-state index contributed by atoms with van der Waals surface area (Å²) in [4.78, 5) is 16.1. The minimum absolute atomic E-state index is 0.0837. The molecule has 0 aliphatic carbocycles. The summed E-state index contributed by atoms with van der Waals surface area (Å²) in [6, 6.07) is 9.12. The molecule has 0 bridgehead atoms. The highest BCUT2D eigenvalue weighted by atomic mass is 32.1. The van der Waals surface area contributed by atoms with Gasteiger partial charge in [-0.3, -0.25) is 4.79 Å². The normalized spacial score (nSPS) is 10.6. The number of benzene rings is 2. The Morgan fingerprint density at radius 3 is 2.50 bits per heavy atom. The molecule has 1 amide bonds. The predicted molar refractivity (Wildman–Crippen MR) is 86.2 cm³/mol. The van der Waals surface area contributed by atoms with Gasteiger partial charge in [0, 0.05) is 10.9 Å². The number of nitrogens with one attached hydrogen (secondary N) is 1. The highest BCUT2D eigenvalue weighted by molar-refractivity contribution is 7.14. The summed E-state index contributed by atoms with van der Waals surface area (Å²) in [5.74, 6) is -2.55. The molecule has 0 radical (unpaired) electrons. The Hall–Kier alpha value is -2.67. The van der Waals surface area contributed by atoms with Gasteiger partial charge in [-0.25, -0.2) is 18.2 Å². The molecule has 24 heavy (non-hydrogen) atoms. The Morgan fingerprint density at radius 2 is 1.79 bits per heavy atom. The predicted octanol–water partition coefficient (Wildman–Crippen LogP) is 4.41. The van der Waals surface area contributed by atoms with E-state index >= 15 is 0 Å². The number of amides is 1. The van der Waals surface area contributed by atoms with Crippen LogP contribution in [0.3, 0.4) is 0 Å². The van der Waals surface area contributed by atoms with E-state index < -0.39 is 11.6 Å². The number of rotatable bonds is 4. The van der Waals surface area contributed by atoms with Crippen LogP contribution >= 0.6 is 11.3 Å². The topological polar surface area (TPSA) is 42.0 Å². The molecule has 7 heteroatoms. The Morgan fingerprint density at radius 1 is 1.04 bits per heavy atom. The molecule has 1 aromatic heterocycles. The molecule has 0 aliphatic rings. The quantitative estimate of drug-likeness (QED) is 0.759. The molecule has 0 fully saturated rings. The molecule has 0 spiro atoms. The molecule has 3 aromatic rings. The van der Waals surface area contributed by atoms with Gasteiger partial charge in [0.05, 0.1) is 12.1 Å². The van der Waals surface area contributed by atoms with E-state index in [4.69, 9.17) is 0 Å². The summed E-state index contributed by atoms with van der Waals surface area (Å²) in [5, 5.41) is 4.62. The molecule has 3 nitrogen and oxygen atoms in total. The van der Waals surface area contributed by atoms with Gasteiger partial charge in [-0.1, -0.05) is 12.1 Å². The van der Waals surface area contributed by atoms with E-state index in [1.165, 1.54) is 41.7 Å². The van der Waals surface area contributed by atoms with Gasteiger partial charge in [-0.2, -0.15) is 0 Å². The van der Waals surface area contributed by atoms with Crippen LogP contribution in [0, 0.1) is 17.5 Å². The van der Waals surface area contributed by atoms with Crippen LogP contribution in [0.5, 0.6) is 0 Å². The third kappa shape index (κ3) is 3.80. The zero-order valence-electron chi connectivity index (χ0n) is 12.2. The van der Waals surface area contributed by atoms with Crippen LogP contribution in [0.4, 0.5) is 18.3 Å². The highest BCUT2D eigenvalue weighted by Crippen LogP contribution is 2.26. The van der Waals surface area contributed by atoms with Crippen LogP contribution in [0.2, 0.25) is 0 Å². The van der Waals surface area contributed by atoms with Crippen LogP contribution in [-0.2, 0) is 11.2 Å². The number of aromatic nitrogens is 1. The number of carbonyl (C=O) groups excluding carboxylic acids is 1. The smallest absolute Gasteiger partial charge is 0.230 e. The first-order valence-corrected chi connectivity index (χ1v) is 7.84. The Balaban J connectivity index is 1.68. The van der Waals surface area contributed by atoms with Crippen molar-refractivity contribution in [2.45, 2.75) is 6.42 Å². The maximum atomic E-state index is 13.3. The van der Waals surface area contributed by atoms with Crippen molar-refractivity contribution in [3.63, 3.8) is 0 Å². The van der Waals surface area contributed by atoms with E-state index in [1.54, 1.807) is 5.38 Å². The van der Waals surface area contributed by atoms with E-state index in [0.29, 0.717) is 22.0 Å². The van der Waals surface area contributed by atoms with Crippen molar-refractivity contribution in [2.24, 2.45) is 0 Å². The van der Waals surface area contributed by atoms with Gasteiger partial charge in [-0.05, 0) is 35.9 Å². The van der Waals surface area contributed by atoms with Gasteiger partial charge in [0.15, 0.2) is 16.8 Å². The molecule has 0 unspecified atom stereocenters. The van der Waals surface area contributed by atoms with Crippen molar-refractivity contribution < 1.29 is 18.0 Å². The maximum absolute atomic E-state index is 13.3. The van der Waals surface area contributed by atoms with Crippen LogP contribution in [-0.4, -0.2) is 10.9 Å². The molecule has 122 valence electrons. The first kappa shape index (κ1) is 16.2. The fraction of sp³-hybridized carbons (Fsp3) is 0.0588. The van der Waals surface area contributed by atoms with E-state index in [9.17, 15) is 18.0 Å². The minimum atomic E-state index is -0.956. The van der Waals surface area contributed by atoms with Gasteiger partial charge in [-0.15, -0.1) is 11.3 Å². The first-order valence-electron chi connectivity index (χ1n) is 6.96. The lowest BCUT2D eigenvalue weighted by Gasteiger charge is -2.02. The summed E-state index contributed by atoms with van der Waals surface area (Å²) in [5.41, 5.74) is 1.53. The second-order valence-corrected chi connectivity index (χ2v) is 5.88. The maximum Gasteiger partial charge on any atom is 0.230 e. The van der Waals surface area contributed by atoms with Crippen molar-refractivity contribution in [2.75, 3.05) is 5.32 Å². The van der Waals surface area contributed by atoms with Gasteiger partial charge < -0.3 is 5.32 Å². The highest BCUT2D eigenvalue weighted by Gasteiger charge is 2.11. The van der Waals surface area contributed by atoms with Gasteiger partial charge in [0.2, 0.25) is 5.91 Å². The molecule has 0 saturated heterocycles. The largest absolute Gasteiger partial charge is 0.302 e. The first-order chi connectivity index (χ1) is 11.5. The number of anilines is 1. The Bertz CT molecular complexity index is 878. The second-order valence-electron chi connectivity index (χ2n) is 5.02. The molecular weight excluding hydrogens is 337 g/mol. The van der Waals surface area contributed by atoms with Crippen LogP contribution in [0.1, 0.15) is 5.56 Å². The van der Waals surface area contributed by atoms with E-state index in [-0.39, 0.29) is 18.1 Å². The standard InChI is InChI=1S/C17H11F3N2OS/c18-12-4-1-10(2-5-12)7-16(23)22-17-21-15(9-24-17)11-3-6-13(19)14(20)8-11/h1-6,8-9H,7H2,(H,21,22,23). The van der Waals surface area contributed by atoms with Crippen molar-refractivity contribution in [1.82, 2.24) is 4.98 Å². The molecule has 0 atom stereocenters. The summed E-state index contributed by atoms with van der Waals surface area (Å²) < 4.78 is 39.0. The third-order valence-electron chi connectivity index (χ3n) is 3.24. The number of carbonyl (C=O) groups is 1. The van der Waals surface area contributed by atoms with Crippen molar-refractivity contribution in [3.05, 3.63) is 70.9 Å². The molecule has 2 aromatic carbocycles. The monoisotopic (exact) mass is 348 g/mol. The lowest BCUT2D eigenvalue weighted by Crippen LogP contribution is -2.14. The second kappa shape index (κ2) is 6.84. The molecule has 1 heterocycles. The van der Waals surface area contributed by atoms with E-state index in [2.05, 4.69) is 10.3 Å². The number of hydrogen-bond donors (Lipinski definition) is 1. The van der Waals surface area contributed by atoms with Crippen LogP contribution in [0.15, 0.2) is 47.8 Å². The average Bonchev–Trinajstić information content (AvgIpc) is 3.00. The number of halogens is 3. The SMILES string of the molecule is O=C(Cc1ccc(F)cc1)Nc1nc(-c2ccc(F)c(F)c2)cs1. The fourth-order valence-electron chi connectivity index (χ4n) is 2.07. The lowest BCUT2D eigenvalue weighted by atomic mass is 10.1. The Kier molecular flexibility index (Phi) is 4.61. The summed E-state index contributed by atoms with van der Waals surface area (Å²) >= 11 is 1.18. The number of thiazole rings is 1. The Labute approximate surface area is 139 Å². The van der Waals surface area contributed by atoms with Crippen molar-refractivity contribution in [1.29, 1.82) is 0 Å². The van der Waals surface area contributed by atoms with Gasteiger partial charge in [0.25, 0.3) is 0 Å². The summed E-state index contributed by atoms with van der Waals surface area (Å²) in [6.07, 6.45) is 0.0837. The van der Waals surface area contributed by atoms with Gasteiger partial charge in [0.1, 0.15) is 5.82 Å². The average molecular weight is 348 g/mol. The molecule has 3 rings (SSSR count). The molecule has 0 saturated carbocycles. The summed E-state index contributed by atoms with van der Waals surface area (Å²) in [7, 11) is 0. The fourth-order valence-corrected chi connectivity index (χ4v) is 2.81. The van der Waals surface area contributed by atoms with Crippen LogP contribution < -0.4 is 5.32 Å². The zero-order valence-corrected chi connectivity index (χ0v) is 13.0. The van der Waals surface area contributed by atoms with E-state index in [0.717, 1.165) is 12.1 Å². The number of hydrogen-bond acceptors (Lipinski definition) is 3. The minimum Gasteiger partial charge on any atom is -0.302 e. The van der Waals surface area contributed by atoms with Gasteiger partial charge >= 0.3 is 0 Å². The molecule has 1 N–H and O–H groups in total.